The average Bonchev–Trinajstić information content (AvgIpc) is 2.02. The van der Waals surface area contributed by atoms with Gasteiger partial charge in [-0.05, 0) is 5.92 Å². The molecule has 13 heavy (non-hydrogen) atoms. The minimum Gasteiger partial charge on any atom is -0.500 e. The lowest BCUT2D eigenvalue weighted by molar-refractivity contribution is -0.115. The summed E-state index contributed by atoms with van der Waals surface area (Å²) >= 11 is 0. The van der Waals surface area contributed by atoms with Crippen molar-refractivity contribution in [1.82, 2.24) is 0 Å². The van der Waals surface area contributed by atoms with Crippen LogP contribution in [-0.2, 0) is 14.3 Å². The molecule has 4 nitrogen and oxygen atoms in total. The predicted molar refractivity (Wildman–Crippen MR) is 49.9 cm³/mol. The number of hydrogen-bond donors (Lipinski definition) is 1. The summed E-state index contributed by atoms with van der Waals surface area (Å²) in [6.07, 6.45) is 1.37. The van der Waals surface area contributed by atoms with Gasteiger partial charge >= 0.3 is 0 Å². The summed E-state index contributed by atoms with van der Waals surface area (Å²) in [6, 6.07) is 0. The van der Waals surface area contributed by atoms with E-state index < -0.39 is 5.91 Å². The van der Waals surface area contributed by atoms with Gasteiger partial charge < -0.3 is 15.2 Å². The van der Waals surface area contributed by atoms with Gasteiger partial charge in [-0.1, -0.05) is 13.8 Å². The van der Waals surface area contributed by atoms with Crippen LogP contribution in [0.1, 0.15) is 13.8 Å². The Balaban J connectivity index is 3.96. The van der Waals surface area contributed by atoms with Crippen LogP contribution in [0.4, 0.5) is 0 Å². The molecule has 0 unspecified atom stereocenters. The molecule has 0 aromatic carbocycles. The van der Waals surface area contributed by atoms with Gasteiger partial charge in [0, 0.05) is 7.11 Å². The maximum atomic E-state index is 10.8. The Hall–Kier alpha value is -1.03. The fourth-order valence-electron chi connectivity index (χ4n) is 0.660. The molecule has 0 aromatic heterocycles. The van der Waals surface area contributed by atoms with Crippen molar-refractivity contribution in [2.45, 2.75) is 13.8 Å². The summed E-state index contributed by atoms with van der Waals surface area (Å²) < 4.78 is 9.90. The number of nitrogens with two attached hydrogens (primary N) is 1. The standard InChI is InChI=1S/C9H17NO3/c1-7(2)4-13-6-8(5-12-3)9(10)11/h6-7H,4-5H2,1-3H3,(H2,10,11). The zero-order valence-corrected chi connectivity index (χ0v) is 8.37. The number of hydrogen-bond acceptors (Lipinski definition) is 3. The molecule has 0 aliphatic carbocycles. The summed E-state index contributed by atoms with van der Waals surface area (Å²) in [5.41, 5.74) is 5.42. The van der Waals surface area contributed by atoms with Crippen molar-refractivity contribution in [2.75, 3.05) is 20.3 Å². The molecule has 0 aromatic rings. The third-order valence-electron chi connectivity index (χ3n) is 1.27. The van der Waals surface area contributed by atoms with Gasteiger partial charge in [0.1, 0.15) is 0 Å². The van der Waals surface area contributed by atoms with Crippen molar-refractivity contribution in [2.24, 2.45) is 11.7 Å². The predicted octanol–water partition coefficient (Wildman–Crippen LogP) is 0.675. The number of ether oxygens (including phenoxy) is 2. The Morgan fingerprint density at radius 3 is 2.54 bits per heavy atom. The van der Waals surface area contributed by atoms with Crippen molar-refractivity contribution in [3.63, 3.8) is 0 Å². The quantitative estimate of drug-likeness (QED) is 0.491. The third kappa shape index (κ3) is 6.16. The summed E-state index contributed by atoms with van der Waals surface area (Å²) in [7, 11) is 1.50. The highest BCUT2D eigenvalue weighted by molar-refractivity contribution is 5.91. The number of carbonyl (C=O) groups excluding carboxylic acids is 1. The van der Waals surface area contributed by atoms with Crippen LogP contribution in [-0.4, -0.2) is 26.2 Å². The van der Waals surface area contributed by atoms with Crippen LogP contribution in [0.3, 0.4) is 0 Å². The van der Waals surface area contributed by atoms with Crippen LogP contribution in [0.15, 0.2) is 11.8 Å². The molecular weight excluding hydrogens is 170 g/mol. The van der Waals surface area contributed by atoms with Gasteiger partial charge in [0.15, 0.2) is 0 Å². The molecule has 0 fully saturated rings. The SMILES string of the molecule is COCC(=COCC(C)C)C(N)=O. The minimum absolute atomic E-state index is 0.188. The highest BCUT2D eigenvalue weighted by Crippen LogP contribution is 1.98. The summed E-state index contributed by atoms with van der Waals surface area (Å²) in [6.45, 7) is 4.80. The first-order valence-corrected chi connectivity index (χ1v) is 4.17. The number of carbonyl (C=O) groups is 1. The lowest BCUT2D eigenvalue weighted by Crippen LogP contribution is -2.18. The molecule has 0 saturated heterocycles. The Morgan fingerprint density at radius 2 is 2.15 bits per heavy atom. The molecule has 4 heteroatoms. The van der Waals surface area contributed by atoms with Crippen molar-refractivity contribution in [1.29, 1.82) is 0 Å². The van der Waals surface area contributed by atoms with Gasteiger partial charge in [0.2, 0.25) is 5.91 Å². The molecule has 0 saturated carbocycles. The maximum Gasteiger partial charge on any atom is 0.250 e. The molecule has 0 rings (SSSR count). The van der Waals surface area contributed by atoms with Crippen LogP contribution >= 0.6 is 0 Å². The highest BCUT2D eigenvalue weighted by atomic mass is 16.5. The van der Waals surface area contributed by atoms with Gasteiger partial charge in [-0.25, -0.2) is 0 Å². The van der Waals surface area contributed by atoms with E-state index in [1.165, 1.54) is 13.4 Å². The normalized spacial score (nSPS) is 11.8. The van der Waals surface area contributed by atoms with Crippen molar-refractivity contribution in [3.05, 3.63) is 11.8 Å². The molecule has 0 spiro atoms. The molecule has 0 aliphatic heterocycles. The van der Waals surface area contributed by atoms with E-state index in [1.807, 2.05) is 13.8 Å². The van der Waals surface area contributed by atoms with Crippen molar-refractivity contribution in [3.8, 4) is 0 Å². The second-order valence-electron chi connectivity index (χ2n) is 3.17. The fraction of sp³-hybridized carbons (Fsp3) is 0.667. The first kappa shape index (κ1) is 12.0. The zero-order chi connectivity index (χ0) is 10.3. The molecule has 0 aliphatic rings. The van der Waals surface area contributed by atoms with Crippen LogP contribution in [0.2, 0.25) is 0 Å². The second-order valence-corrected chi connectivity index (χ2v) is 3.17. The smallest absolute Gasteiger partial charge is 0.250 e. The molecule has 0 bridgehead atoms. The second kappa shape index (κ2) is 6.48. The number of primary amides is 1. The average molecular weight is 187 g/mol. The van der Waals surface area contributed by atoms with Gasteiger partial charge in [0.25, 0.3) is 0 Å². The van der Waals surface area contributed by atoms with Crippen molar-refractivity contribution >= 4 is 5.91 Å². The van der Waals surface area contributed by atoms with E-state index >= 15 is 0 Å². The van der Waals surface area contributed by atoms with E-state index in [0.717, 1.165) is 0 Å². The van der Waals surface area contributed by atoms with Gasteiger partial charge in [0.05, 0.1) is 25.0 Å². The summed E-state index contributed by atoms with van der Waals surface area (Å²) in [5.74, 6) is -0.0847. The van der Waals surface area contributed by atoms with E-state index in [4.69, 9.17) is 15.2 Å². The summed E-state index contributed by atoms with van der Waals surface area (Å²) in [4.78, 5) is 10.8. The molecule has 2 N–H and O–H groups in total. The summed E-state index contributed by atoms with van der Waals surface area (Å²) in [5, 5.41) is 0. The first-order chi connectivity index (χ1) is 6.07. The Bertz CT molecular complexity index is 187. The lowest BCUT2D eigenvalue weighted by Gasteiger charge is -2.06. The van der Waals surface area contributed by atoms with Crippen LogP contribution < -0.4 is 5.73 Å². The van der Waals surface area contributed by atoms with E-state index in [2.05, 4.69) is 0 Å². The monoisotopic (exact) mass is 187 g/mol. The number of amides is 1. The minimum atomic E-state index is -0.509. The van der Waals surface area contributed by atoms with E-state index in [9.17, 15) is 4.79 Å². The van der Waals surface area contributed by atoms with E-state index in [0.29, 0.717) is 18.1 Å². The fourth-order valence-corrected chi connectivity index (χ4v) is 0.660. The van der Waals surface area contributed by atoms with Crippen LogP contribution in [0.5, 0.6) is 0 Å². The molecule has 0 heterocycles. The van der Waals surface area contributed by atoms with E-state index in [1.54, 1.807) is 0 Å². The highest BCUT2D eigenvalue weighted by Gasteiger charge is 2.04. The largest absolute Gasteiger partial charge is 0.500 e. The third-order valence-corrected chi connectivity index (χ3v) is 1.27. The number of rotatable bonds is 6. The molecule has 76 valence electrons. The van der Waals surface area contributed by atoms with Crippen LogP contribution in [0, 0.1) is 5.92 Å². The maximum absolute atomic E-state index is 10.8. The van der Waals surface area contributed by atoms with Crippen molar-refractivity contribution < 1.29 is 14.3 Å². The van der Waals surface area contributed by atoms with Gasteiger partial charge in [-0.15, -0.1) is 0 Å². The molecule has 1 amide bonds. The zero-order valence-electron chi connectivity index (χ0n) is 8.37. The first-order valence-electron chi connectivity index (χ1n) is 4.17. The van der Waals surface area contributed by atoms with E-state index in [-0.39, 0.29) is 6.61 Å². The van der Waals surface area contributed by atoms with Crippen LogP contribution in [0.25, 0.3) is 0 Å². The Labute approximate surface area is 78.7 Å². The Morgan fingerprint density at radius 1 is 1.54 bits per heavy atom. The number of methoxy groups -OCH3 is 1. The Kier molecular flexibility index (Phi) is 5.97. The topological polar surface area (TPSA) is 61.6 Å². The van der Waals surface area contributed by atoms with Gasteiger partial charge in [-0.3, -0.25) is 4.79 Å². The molecule has 0 atom stereocenters. The molecular formula is C9H17NO3. The lowest BCUT2D eigenvalue weighted by atomic mass is 10.2. The molecule has 0 radical (unpaired) electrons. The van der Waals surface area contributed by atoms with Gasteiger partial charge in [-0.2, -0.15) is 0 Å².